The lowest BCUT2D eigenvalue weighted by atomic mass is 10.1. The maximum absolute atomic E-state index is 9.75. The van der Waals surface area contributed by atoms with E-state index in [2.05, 4.69) is 20.2 Å². The Balaban J connectivity index is 0.000000555. The summed E-state index contributed by atoms with van der Waals surface area (Å²) in [4.78, 5) is 6.99. The SMILES string of the molecule is CC(C)(C)N=Nc1ncccc1[N+]#N.F[B-](F)(F)F. The van der Waals surface area contributed by atoms with Gasteiger partial charge in [-0.2, -0.15) is 5.11 Å². The second-order valence-corrected chi connectivity index (χ2v) is 4.31. The second kappa shape index (κ2) is 6.77. The van der Waals surface area contributed by atoms with Crippen LogP contribution >= 0.6 is 0 Å². The maximum atomic E-state index is 9.75. The van der Waals surface area contributed by atoms with E-state index in [-0.39, 0.29) is 5.54 Å². The predicted molar refractivity (Wildman–Crippen MR) is 63.4 cm³/mol. The van der Waals surface area contributed by atoms with Crippen molar-refractivity contribution < 1.29 is 17.3 Å². The van der Waals surface area contributed by atoms with Crippen LogP contribution in [-0.4, -0.2) is 17.8 Å². The Morgan fingerprint density at radius 1 is 1.26 bits per heavy atom. The van der Waals surface area contributed by atoms with Gasteiger partial charge >= 0.3 is 12.9 Å². The van der Waals surface area contributed by atoms with Gasteiger partial charge in [0.25, 0.3) is 5.82 Å². The number of nitrogens with zero attached hydrogens (tertiary/aromatic N) is 5. The van der Waals surface area contributed by atoms with E-state index in [4.69, 9.17) is 5.39 Å². The lowest BCUT2D eigenvalue weighted by Crippen LogP contribution is -2.07. The van der Waals surface area contributed by atoms with Crippen molar-refractivity contribution in [3.05, 3.63) is 23.3 Å². The molecule has 0 aromatic carbocycles. The van der Waals surface area contributed by atoms with Crippen molar-refractivity contribution in [3.8, 4) is 0 Å². The summed E-state index contributed by atoms with van der Waals surface area (Å²) in [5.74, 6) is 0.324. The molecular weight excluding hydrogens is 265 g/mol. The number of aromatic nitrogens is 1. The molecule has 19 heavy (non-hydrogen) atoms. The Hall–Kier alpha value is -2.05. The Bertz CT molecular complexity index is 469. The molecule has 0 saturated heterocycles. The van der Waals surface area contributed by atoms with Gasteiger partial charge in [-0.25, -0.2) is 4.98 Å². The zero-order chi connectivity index (χ0) is 15.1. The third kappa shape index (κ3) is 10.8. The van der Waals surface area contributed by atoms with Gasteiger partial charge in [-0.15, -0.1) is 5.11 Å². The smallest absolute Gasteiger partial charge is 0.418 e. The lowest BCUT2D eigenvalue weighted by Gasteiger charge is -2.07. The molecule has 1 rings (SSSR count). The third-order valence-electron chi connectivity index (χ3n) is 1.32. The number of rotatable bonds is 1. The number of hydrogen-bond donors (Lipinski definition) is 0. The fourth-order valence-corrected chi connectivity index (χ4v) is 0.741. The molecule has 0 fully saturated rings. The Morgan fingerprint density at radius 3 is 2.21 bits per heavy atom. The van der Waals surface area contributed by atoms with Gasteiger partial charge in [0.05, 0.1) is 5.54 Å². The number of azo groups is 1. The van der Waals surface area contributed by atoms with Crippen LogP contribution in [0, 0.1) is 5.39 Å². The van der Waals surface area contributed by atoms with Crippen LogP contribution in [0.4, 0.5) is 28.8 Å². The van der Waals surface area contributed by atoms with E-state index < -0.39 is 7.25 Å². The first kappa shape index (κ1) is 17.0. The first-order chi connectivity index (χ1) is 8.53. The van der Waals surface area contributed by atoms with E-state index in [1.807, 2.05) is 20.8 Å². The molecule has 0 amide bonds. The van der Waals surface area contributed by atoms with Crippen molar-refractivity contribution in [1.82, 2.24) is 4.98 Å². The van der Waals surface area contributed by atoms with Gasteiger partial charge in [0.1, 0.15) is 0 Å². The number of hydrogen-bond acceptors (Lipinski definition) is 4. The summed E-state index contributed by atoms with van der Waals surface area (Å²) >= 11 is 0. The van der Waals surface area contributed by atoms with Crippen molar-refractivity contribution in [2.75, 3.05) is 0 Å². The summed E-state index contributed by atoms with van der Waals surface area (Å²) in [6.07, 6.45) is 1.58. The molecule has 104 valence electrons. The molecule has 0 atom stereocenters. The molecule has 0 aliphatic rings. The number of halogens is 4. The zero-order valence-corrected chi connectivity index (χ0v) is 10.6. The fourth-order valence-electron chi connectivity index (χ4n) is 0.741. The summed E-state index contributed by atoms with van der Waals surface area (Å²) in [6.45, 7) is 5.78. The molecule has 0 aliphatic heterocycles. The quantitative estimate of drug-likeness (QED) is 0.322. The van der Waals surface area contributed by atoms with Gasteiger partial charge in [-0.05, 0) is 26.8 Å². The van der Waals surface area contributed by atoms with Crippen molar-refractivity contribution in [3.63, 3.8) is 0 Å². The van der Waals surface area contributed by atoms with Crippen LogP contribution in [0.1, 0.15) is 20.8 Å². The Morgan fingerprint density at radius 2 is 1.79 bits per heavy atom. The minimum atomic E-state index is -6.00. The monoisotopic (exact) mass is 277 g/mol. The van der Waals surface area contributed by atoms with Crippen molar-refractivity contribution in [2.45, 2.75) is 26.3 Å². The van der Waals surface area contributed by atoms with Gasteiger partial charge in [0.2, 0.25) is 5.39 Å². The van der Waals surface area contributed by atoms with Crippen LogP contribution in [-0.2, 0) is 0 Å². The molecule has 0 N–H and O–H groups in total. The fraction of sp³-hybridized carbons (Fsp3) is 0.444. The summed E-state index contributed by atoms with van der Waals surface area (Å²) in [5, 5.41) is 16.6. The largest absolute Gasteiger partial charge is 0.673 e. The standard InChI is InChI=1S/C9H12N5.BF4/c1-9(2,3)14-13-8-7(12-10)5-4-6-11-8;2-1(3,4)5/h4-6H,1-3H3;/q+1;-1. The van der Waals surface area contributed by atoms with Gasteiger partial charge < -0.3 is 17.3 Å². The van der Waals surface area contributed by atoms with Gasteiger partial charge in [-0.1, -0.05) is 0 Å². The van der Waals surface area contributed by atoms with Crippen molar-refractivity contribution in [2.24, 2.45) is 10.2 Å². The Kier molecular flexibility index (Phi) is 6.04. The van der Waals surface area contributed by atoms with E-state index in [1.165, 1.54) is 0 Å². The highest BCUT2D eigenvalue weighted by Crippen LogP contribution is 2.25. The van der Waals surface area contributed by atoms with Crippen LogP contribution < -0.4 is 0 Å². The first-order valence-electron chi connectivity index (χ1n) is 5.13. The molecule has 0 spiro atoms. The van der Waals surface area contributed by atoms with Gasteiger partial charge in [0, 0.05) is 12.3 Å². The summed E-state index contributed by atoms with van der Waals surface area (Å²) in [6, 6.07) is 3.29. The normalized spacial score (nSPS) is 11.7. The first-order valence-corrected chi connectivity index (χ1v) is 5.13. The molecule has 1 aromatic heterocycles. The average Bonchev–Trinajstić information content (AvgIpc) is 2.23. The molecule has 0 bridgehead atoms. The molecule has 1 aromatic rings. The molecule has 0 saturated carbocycles. The van der Waals surface area contributed by atoms with Crippen LogP contribution in [0.5, 0.6) is 0 Å². The van der Waals surface area contributed by atoms with E-state index in [9.17, 15) is 17.3 Å². The Labute approximate surface area is 107 Å². The average molecular weight is 277 g/mol. The summed E-state index contributed by atoms with van der Waals surface area (Å²) < 4.78 is 39.0. The summed E-state index contributed by atoms with van der Waals surface area (Å²) in [7, 11) is -6.00. The highest BCUT2D eigenvalue weighted by atomic mass is 19.5. The maximum Gasteiger partial charge on any atom is 0.673 e. The molecule has 0 unspecified atom stereocenters. The van der Waals surface area contributed by atoms with Crippen LogP contribution in [0.25, 0.3) is 4.98 Å². The van der Waals surface area contributed by atoms with E-state index in [0.717, 1.165) is 0 Å². The minimum Gasteiger partial charge on any atom is -0.418 e. The molecule has 0 radical (unpaired) electrons. The second-order valence-electron chi connectivity index (χ2n) is 4.31. The minimum absolute atomic E-state index is 0.260. The van der Waals surface area contributed by atoms with Gasteiger partial charge in [-0.3, -0.25) is 0 Å². The van der Waals surface area contributed by atoms with Crippen molar-refractivity contribution >= 4 is 18.8 Å². The third-order valence-corrected chi connectivity index (χ3v) is 1.32. The molecule has 10 heteroatoms. The zero-order valence-electron chi connectivity index (χ0n) is 10.6. The molecule has 5 nitrogen and oxygen atoms in total. The van der Waals surface area contributed by atoms with E-state index in [0.29, 0.717) is 11.5 Å². The highest BCUT2D eigenvalue weighted by molar-refractivity contribution is 6.50. The molecule has 0 aliphatic carbocycles. The van der Waals surface area contributed by atoms with Crippen molar-refractivity contribution in [1.29, 1.82) is 5.39 Å². The van der Waals surface area contributed by atoms with Crippen LogP contribution in [0.2, 0.25) is 0 Å². The number of diazo groups is 1. The van der Waals surface area contributed by atoms with Gasteiger partial charge in [0.15, 0.2) is 4.98 Å². The predicted octanol–water partition coefficient (Wildman–Crippen LogP) is 4.75. The lowest BCUT2D eigenvalue weighted by molar-refractivity contribution is 0.368. The van der Waals surface area contributed by atoms with E-state index >= 15 is 0 Å². The molecular formula is C9H12BF4N5. The topological polar surface area (TPSA) is 65.8 Å². The van der Waals surface area contributed by atoms with E-state index in [1.54, 1.807) is 18.3 Å². The number of pyridine rings is 1. The van der Waals surface area contributed by atoms with Crippen LogP contribution in [0.3, 0.4) is 0 Å². The highest BCUT2D eigenvalue weighted by Gasteiger charge is 2.20. The molecule has 1 heterocycles. The van der Waals surface area contributed by atoms with Crippen LogP contribution in [0.15, 0.2) is 28.6 Å². The summed E-state index contributed by atoms with van der Waals surface area (Å²) in [5.41, 5.74) is 0.0602.